The Labute approximate surface area is 75.7 Å². The van der Waals surface area contributed by atoms with E-state index < -0.39 is 0 Å². The summed E-state index contributed by atoms with van der Waals surface area (Å²) >= 11 is 0. The molecular weight excluding hydrogens is 144 g/mol. The van der Waals surface area contributed by atoms with Gasteiger partial charge in [0.05, 0.1) is 0 Å². The summed E-state index contributed by atoms with van der Waals surface area (Å²) in [5.41, 5.74) is 7.12. The van der Waals surface area contributed by atoms with Crippen molar-refractivity contribution < 1.29 is 0 Å². The van der Waals surface area contributed by atoms with Crippen LogP contribution in [0.1, 0.15) is 40.5 Å². The number of allylic oxidation sites excluding steroid dienone is 5. The maximum atomic E-state index is 4.13. The Hall–Kier alpha value is -0.780. The summed E-state index contributed by atoms with van der Waals surface area (Å²) in [5, 5.41) is 0. The highest BCUT2D eigenvalue weighted by Crippen LogP contribution is 2.34. The Morgan fingerprint density at radius 1 is 1.17 bits per heavy atom. The molecule has 0 amide bonds. The van der Waals surface area contributed by atoms with Crippen LogP contribution in [0.25, 0.3) is 0 Å². The maximum absolute atomic E-state index is 4.13. The Morgan fingerprint density at radius 2 is 1.75 bits per heavy atom. The van der Waals surface area contributed by atoms with Crippen LogP contribution in [0.15, 0.2) is 34.4 Å². The molecule has 0 bridgehead atoms. The second-order valence-corrected chi connectivity index (χ2v) is 3.67. The standard InChI is InChI=1S/C12H18/c1-6-12-9(3)7-8(2)10(4)11(12)5/h5-7H2,1-4H3. The van der Waals surface area contributed by atoms with Crippen LogP contribution in [0.3, 0.4) is 0 Å². The van der Waals surface area contributed by atoms with E-state index in [0.29, 0.717) is 0 Å². The molecule has 66 valence electrons. The van der Waals surface area contributed by atoms with Crippen LogP contribution in [0, 0.1) is 0 Å². The van der Waals surface area contributed by atoms with Crippen molar-refractivity contribution in [3.8, 4) is 0 Å². The highest BCUT2D eigenvalue weighted by molar-refractivity contribution is 5.52. The first kappa shape index (κ1) is 9.31. The largest absolute Gasteiger partial charge is 0.0912 e. The summed E-state index contributed by atoms with van der Waals surface area (Å²) in [6.07, 6.45) is 2.27. The lowest BCUT2D eigenvalue weighted by molar-refractivity contribution is 0.954. The number of hydrogen-bond acceptors (Lipinski definition) is 0. The SMILES string of the molecule is C=C1C(C)=C(C)CC(C)=C1CC. The van der Waals surface area contributed by atoms with E-state index in [0.717, 1.165) is 12.8 Å². The quantitative estimate of drug-likeness (QED) is 0.546. The fourth-order valence-electron chi connectivity index (χ4n) is 1.89. The summed E-state index contributed by atoms with van der Waals surface area (Å²) in [5.74, 6) is 0. The van der Waals surface area contributed by atoms with E-state index in [1.165, 1.54) is 27.9 Å². The van der Waals surface area contributed by atoms with Crippen molar-refractivity contribution >= 4 is 0 Å². The van der Waals surface area contributed by atoms with Crippen LogP contribution in [0.4, 0.5) is 0 Å². The molecule has 0 heterocycles. The van der Waals surface area contributed by atoms with Gasteiger partial charge >= 0.3 is 0 Å². The van der Waals surface area contributed by atoms with Crippen molar-refractivity contribution in [2.75, 3.05) is 0 Å². The first-order chi connectivity index (χ1) is 5.57. The molecule has 0 aromatic carbocycles. The van der Waals surface area contributed by atoms with Crippen molar-refractivity contribution in [2.45, 2.75) is 40.5 Å². The van der Waals surface area contributed by atoms with Crippen LogP contribution < -0.4 is 0 Å². The van der Waals surface area contributed by atoms with Gasteiger partial charge in [0.1, 0.15) is 0 Å². The molecule has 0 unspecified atom stereocenters. The summed E-state index contributed by atoms with van der Waals surface area (Å²) in [4.78, 5) is 0. The molecule has 0 saturated heterocycles. The highest BCUT2D eigenvalue weighted by Gasteiger charge is 2.14. The average molecular weight is 162 g/mol. The second kappa shape index (κ2) is 3.30. The predicted molar refractivity (Wildman–Crippen MR) is 55.1 cm³/mol. The number of rotatable bonds is 1. The monoisotopic (exact) mass is 162 g/mol. The molecule has 0 aromatic heterocycles. The van der Waals surface area contributed by atoms with Crippen molar-refractivity contribution in [2.24, 2.45) is 0 Å². The smallest absolute Gasteiger partial charge is 0.0102 e. The van der Waals surface area contributed by atoms with Gasteiger partial charge in [0, 0.05) is 0 Å². The Balaban J connectivity index is 3.06. The third-order valence-corrected chi connectivity index (χ3v) is 2.86. The molecule has 0 spiro atoms. The minimum absolute atomic E-state index is 1.12. The number of hydrogen-bond donors (Lipinski definition) is 0. The van der Waals surface area contributed by atoms with Crippen LogP contribution in [0.2, 0.25) is 0 Å². The molecule has 0 nitrogen and oxygen atoms in total. The van der Waals surface area contributed by atoms with Gasteiger partial charge < -0.3 is 0 Å². The molecule has 0 aliphatic heterocycles. The average Bonchev–Trinajstić information content (AvgIpc) is 2.01. The van der Waals surface area contributed by atoms with Crippen molar-refractivity contribution in [3.63, 3.8) is 0 Å². The second-order valence-electron chi connectivity index (χ2n) is 3.67. The van der Waals surface area contributed by atoms with Crippen molar-refractivity contribution in [3.05, 3.63) is 34.4 Å². The summed E-state index contributed by atoms with van der Waals surface area (Å²) < 4.78 is 0. The Morgan fingerprint density at radius 3 is 2.25 bits per heavy atom. The summed E-state index contributed by atoms with van der Waals surface area (Å²) in [6.45, 7) is 12.9. The lowest BCUT2D eigenvalue weighted by atomic mass is 9.84. The highest BCUT2D eigenvalue weighted by atomic mass is 14.2. The van der Waals surface area contributed by atoms with Crippen LogP contribution in [-0.2, 0) is 0 Å². The molecule has 1 aliphatic rings. The molecule has 1 rings (SSSR count). The van der Waals surface area contributed by atoms with Gasteiger partial charge in [-0.15, -0.1) is 0 Å². The van der Waals surface area contributed by atoms with Crippen LogP contribution in [-0.4, -0.2) is 0 Å². The minimum Gasteiger partial charge on any atom is -0.0912 e. The van der Waals surface area contributed by atoms with Gasteiger partial charge in [-0.05, 0) is 50.3 Å². The zero-order chi connectivity index (χ0) is 9.30. The van der Waals surface area contributed by atoms with Crippen LogP contribution in [0.5, 0.6) is 0 Å². The first-order valence-electron chi connectivity index (χ1n) is 4.62. The van der Waals surface area contributed by atoms with Gasteiger partial charge in [-0.1, -0.05) is 24.6 Å². The lowest BCUT2D eigenvalue weighted by Gasteiger charge is -2.22. The molecule has 12 heavy (non-hydrogen) atoms. The van der Waals surface area contributed by atoms with E-state index in [4.69, 9.17) is 0 Å². The molecule has 0 aromatic rings. The van der Waals surface area contributed by atoms with E-state index >= 15 is 0 Å². The lowest BCUT2D eigenvalue weighted by Crippen LogP contribution is -2.02. The Kier molecular flexibility index (Phi) is 2.56. The van der Waals surface area contributed by atoms with Crippen LogP contribution >= 0.6 is 0 Å². The minimum atomic E-state index is 1.12. The van der Waals surface area contributed by atoms with Gasteiger partial charge in [-0.3, -0.25) is 0 Å². The fraction of sp³-hybridized carbons (Fsp3) is 0.500. The molecular formula is C12H18. The van der Waals surface area contributed by atoms with E-state index in [-0.39, 0.29) is 0 Å². The van der Waals surface area contributed by atoms with Crippen molar-refractivity contribution in [1.82, 2.24) is 0 Å². The fourth-order valence-corrected chi connectivity index (χ4v) is 1.89. The molecule has 0 radical (unpaired) electrons. The molecule has 0 fully saturated rings. The summed E-state index contributed by atoms with van der Waals surface area (Å²) in [6, 6.07) is 0. The maximum Gasteiger partial charge on any atom is -0.0102 e. The molecule has 0 heteroatoms. The van der Waals surface area contributed by atoms with E-state index in [1.54, 1.807) is 0 Å². The molecule has 0 saturated carbocycles. The zero-order valence-corrected chi connectivity index (χ0v) is 8.62. The first-order valence-corrected chi connectivity index (χ1v) is 4.62. The van der Waals surface area contributed by atoms with Gasteiger partial charge in [0.25, 0.3) is 0 Å². The molecule has 0 N–H and O–H groups in total. The topological polar surface area (TPSA) is 0 Å². The third-order valence-electron chi connectivity index (χ3n) is 2.86. The van der Waals surface area contributed by atoms with Gasteiger partial charge in [-0.25, -0.2) is 0 Å². The van der Waals surface area contributed by atoms with E-state index in [9.17, 15) is 0 Å². The van der Waals surface area contributed by atoms with Crippen molar-refractivity contribution in [1.29, 1.82) is 0 Å². The summed E-state index contributed by atoms with van der Waals surface area (Å²) in [7, 11) is 0. The zero-order valence-electron chi connectivity index (χ0n) is 8.62. The van der Waals surface area contributed by atoms with Gasteiger partial charge in [0.2, 0.25) is 0 Å². The van der Waals surface area contributed by atoms with Gasteiger partial charge in [-0.2, -0.15) is 0 Å². The molecule has 1 aliphatic carbocycles. The normalized spacial score (nSPS) is 19.2. The Bertz CT molecular complexity index is 274. The van der Waals surface area contributed by atoms with E-state index in [1.807, 2.05) is 0 Å². The predicted octanol–water partition coefficient (Wildman–Crippen LogP) is 4.01. The van der Waals surface area contributed by atoms with E-state index in [2.05, 4.69) is 34.3 Å². The van der Waals surface area contributed by atoms with Gasteiger partial charge in [0.15, 0.2) is 0 Å². The molecule has 0 atom stereocenters. The third kappa shape index (κ3) is 1.38.